The molecule has 9 heteroatoms. The van der Waals surface area contributed by atoms with E-state index in [0.717, 1.165) is 33.4 Å². The standard InChI is InChI=1S/C34H34N2O6S/c1-21-30(20-43-32-29(33(39)40)10-5-15-35-32)41-34(42-31(21)25-13-11-23(19-37)12-14-25)28-9-4-8-27(17-28)26-7-3-6-24(16-26)18-36-22(2)38/h3-17,21,30-31,34,37H,18-20H2,1-2H3,(H,36,38)(H,39,40)/t21-,30+,31+,34+/m1/s1. The predicted molar refractivity (Wildman–Crippen MR) is 164 cm³/mol. The van der Waals surface area contributed by atoms with E-state index in [-0.39, 0.29) is 36.2 Å². The normalized spacial score (nSPS) is 20.0. The third kappa shape index (κ3) is 7.50. The number of hydrogen-bond acceptors (Lipinski definition) is 7. The molecule has 222 valence electrons. The SMILES string of the molecule is CC(=O)NCc1cccc(-c2cccc([C@H]3O[C@@H](CSc4ncccc4C(=O)O)[C@@H](C)[C@@H](c4ccc(CO)cc4)O3)c2)c1. The second-order valence-corrected chi connectivity index (χ2v) is 11.5. The van der Waals surface area contributed by atoms with E-state index >= 15 is 0 Å². The van der Waals surface area contributed by atoms with Crippen LogP contribution < -0.4 is 5.32 Å². The number of hydrogen-bond donors (Lipinski definition) is 3. The van der Waals surface area contributed by atoms with Gasteiger partial charge < -0.3 is 25.0 Å². The van der Waals surface area contributed by atoms with Crippen LogP contribution in [-0.4, -0.2) is 38.9 Å². The number of benzene rings is 3. The van der Waals surface area contributed by atoms with E-state index in [1.807, 2.05) is 60.7 Å². The minimum atomic E-state index is -1.02. The quantitative estimate of drug-likeness (QED) is 0.186. The molecule has 1 amide bonds. The highest BCUT2D eigenvalue weighted by Gasteiger charge is 2.38. The summed E-state index contributed by atoms with van der Waals surface area (Å²) in [6.07, 6.45) is 0.340. The minimum Gasteiger partial charge on any atom is -0.478 e. The van der Waals surface area contributed by atoms with E-state index in [1.165, 1.54) is 18.7 Å². The molecule has 0 radical (unpaired) electrons. The van der Waals surface area contributed by atoms with Crippen LogP contribution in [0.4, 0.5) is 0 Å². The lowest BCUT2D eigenvalue weighted by atomic mass is 9.91. The monoisotopic (exact) mass is 598 g/mol. The number of ether oxygens (including phenoxy) is 2. The molecule has 5 rings (SSSR count). The lowest BCUT2D eigenvalue weighted by Gasteiger charge is -2.41. The molecule has 43 heavy (non-hydrogen) atoms. The fourth-order valence-electron chi connectivity index (χ4n) is 5.09. The van der Waals surface area contributed by atoms with E-state index < -0.39 is 12.3 Å². The van der Waals surface area contributed by atoms with E-state index in [0.29, 0.717) is 17.3 Å². The fraction of sp³-hybridized carbons (Fsp3) is 0.265. The molecule has 2 heterocycles. The number of thioether (sulfide) groups is 1. The molecule has 1 fully saturated rings. The van der Waals surface area contributed by atoms with Gasteiger partial charge in [0.15, 0.2) is 6.29 Å². The number of aliphatic hydroxyl groups excluding tert-OH is 1. The molecule has 8 nitrogen and oxygen atoms in total. The molecule has 0 unspecified atom stereocenters. The molecule has 3 aromatic carbocycles. The highest BCUT2D eigenvalue weighted by molar-refractivity contribution is 7.99. The van der Waals surface area contributed by atoms with Crippen LogP contribution >= 0.6 is 11.8 Å². The molecule has 0 bridgehead atoms. The minimum absolute atomic E-state index is 0.0405. The average molecular weight is 599 g/mol. The number of aromatic nitrogens is 1. The van der Waals surface area contributed by atoms with Crippen LogP contribution in [0.1, 0.15) is 58.9 Å². The third-order valence-corrected chi connectivity index (χ3v) is 8.56. The summed E-state index contributed by atoms with van der Waals surface area (Å²) in [5.41, 5.74) is 5.79. The first kappa shape index (κ1) is 30.4. The zero-order valence-electron chi connectivity index (χ0n) is 24.0. The Kier molecular flexibility index (Phi) is 9.89. The van der Waals surface area contributed by atoms with Crippen molar-refractivity contribution in [2.75, 3.05) is 5.75 Å². The topological polar surface area (TPSA) is 118 Å². The molecule has 1 aliphatic rings. The summed E-state index contributed by atoms with van der Waals surface area (Å²) in [5.74, 6) is -0.679. The van der Waals surface area contributed by atoms with Crippen molar-refractivity contribution in [3.05, 3.63) is 119 Å². The second kappa shape index (κ2) is 14.0. The lowest BCUT2D eigenvalue weighted by molar-refractivity contribution is -0.268. The highest BCUT2D eigenvalue weighted by Crippen LogP contribution is 2.43. The van der Waals surface area contributed by atoms with Crippen molar-refractivity contribution in [1.82, 2.24) is 10.3 Å². The van der Waals surface area contributed by atoms with Gasteiger partial charge in [-0.2, -0.15) is 0 Å². The number of carbonyl (C=O) groups is 2. The molecular formula is C34H34N2O6S. The van der Waals surface area contributed by atoms with Crippen molar-refractivity contribution in [3.8, 4) is 11.1 Å². The second-order valence-electron chi connectivity index (χ2n) is 10.5. The van der Waals surface area contributed by atoms with Gasteiger partial charge in [0.25, 0.3) is 0 Å². The molecule has 1 aliphatic heterocycles. The number of nitrogens with zero attached hydrogens (tertiary/aromatic N) is 1. The molecule has 3 N–H and O–H groups in total. The van der Waals surface area contributed by atoms with Crippen LogP contribution in [0, 0.1) is 5.92 Å². The number of pyridine rings is 1. The number of carboxylic acid groups (broad SMARTS) is 1. The van der Waals surface area contributed by atoms with Crippen LogP contribution in [0.3, 0.4) is 0 Å². The van der Waals surface area contributed by atoms with Gasteiger partial charge in [-0.25, -0.2) is 9.78 Å². The number of carbonyl (C=O) groups excluding carboxylic acids is 1. The van der Waals surface area contributed by atoms with Crippen molar-refractivity contribution < 1.29 is 29.3 Å². The first-order chi connectivity index (χ1) is 20.8. The maximum atomic E-state index is 11.8. The number of carboxylic acids is 1. The molecule has 1 aromatic heterocycles. The Morgan fingerprint density at radius 1 is 0.907 bits per heavy atom. The number of rotatable bonds is 10. The Labute approximate surface area is 255 Å². The number of aromatic carboxylic acids is 1. The number of aliphatic hydroxyl groups is 1. The van der Waals surface area contributed by atoms with Gasteiger partial charge in [-0.1, -0.05) is 67.6 Å². The van der Waals surface area contributed by atoms with Gasteiger partial charge in [-0.05, 0) is 52.1 Å². The summed E-state index contributed by atoms with van der Waals surface area (Å²) < 4.78 is 13.2. The van der Waals surface area contributed by atoms with Crippen molar-refractivity contribution in [3.63, 3.8) is 0 Å². The smallest absolute Gasteiger partial charge is 0.338 e. The summed E-state index contributed by atoms with van der Waals surface area (Å²) in [4.78, 5) is 27.5. The summed E-state index contributed by atoms with van der Waals surface area (Å²) in [6.45, 7) is 3.98. The van der Waals surface area contributed by atoms with Crippen LogP contribution in [0.15, 0.2) is 96.2 Å². The predicted octanol–water partition coefficient (Wildman–Crippen LogP) is 6.16. The average Bonchev–Trinajstić information content (AvgIpc) is 3.03. The molecule has 0 spiro atoms. The lowest BCUT2D eigenvalue weighted by Crippen LogP contribution is -2.38. The summed E-state index contributed by atoms with van der Waals surface area (Å²) >= 11 is 1.36. The van der Waals surface area contributed by atoms with E-state index in [2.05, 4.69) is 29.4 Å². The molecule has 1 saturated heterocycles. The van der Waals surface area contributed by atoms with Crippen LogP contribution in [0.25, 0.3) is 11.1 Å². The van der Waals surface area contributed by atoms with Gasteiger partial charge in [0.2, 0.25) is 5.91 Å². The maximum absolute atomic E-state index is 11.8. The largest absolute Gasteiger partial charge is 0.478 e. The Morgan fingerprint density at radius 3 is 2.37 bits per heavy atom. The Morgan fingerprint density at radius 2 is 1.65 bits per heavy atom. The van der Waals surface area contributed by atoms with Gasteiger partial charge in [0.1, 0.15) is 5.03 Å². The molecule has 4 atom stereocenters. The van der Waals surface area contributed by atoms with Crippen molar-refractivity contribution >= 4 is 23.6 Å². The Bertz CT molecular complexity index is 1580. The first-order valence-electron chi connectivity index (χ1n) is 14.1. The Hall–Kier alpha value is -4.02. The molecule has 4 aromatic rings. The summed E-state index contributed by atoms with van der Waals surface area (Å²) in [5, 5.41) is 22.4. The summed E-state index contributed by atoms with van der Waals surface area (Å²) in [7, 11) is 0. The van der Waals surface area contributed by atoms with E-state index in [4.69, 9.17) is 9.47 Å². The third-order valence-electron chi connectivity index (χ3n) is 7.47. The van der Waals surface area contributed by atoms with Gasteiger partial charge >= 0.3 is 5.97 Å². The van der Waals surface area contributed by atoms with Crippen molar-refractivity contribution in [2.45, 2.75) is 50.5 Å². The van der Waals surface area contributed by atoms with E-state index in [1.54, 1.807) is 18.3 Å². The number of nitrogens with one attached hydrogen (secondary N) is 1. The molecular weight excluding hydrogens is 564 g/mol. The first-order valence-corrected chi connectivity index (χ1v) is 15.1. The summed E-state index contributed by atoms with van der Waals surface area (Å²) in [6, 6.07) is 26.9. The van der Waals surface area contributed by atoms with Crippen molar-refractivity contribution in [1.29, 1.82) is 0 Å². The van der Waals surface area contributed by atoms with Crippen LogP contribution in [-0.2, 0) is 27.4 Å². The fourth-order valence-corrected chi connectivity index (χ4v) is 6.24. The van der Waals surface area contributed by atoms with Gasteiger partial charge in [-0.3, -0.25) is 4.79 Å². The Balaban J connectivity index is 1.43. The maximum Gasteiger partial charge on any atom is 0.338 e. The van der Waals surface area contributed by atoms with Gasteiger partial charge in [0.05, 0.1) is 24.4 Å². The molecule has 0 saturated carbocycles. The van der Waals surface area contributed by atoms with Gasteiger partial charge in [-0.15, -0.1) is 11.8 Å². The van der Waals surface area contributed by atoms with Gasteiger partial charge in [0, 0.05) is 36.9 Å². The van der Waals surface area contributed by atoms with Crippen LogP contribution in [0.2, 0.25) is 0 Å². The molecule has 0 aliphatic carbocycles. The van der Waals surface area contributed by atoms with E-state index in [9.17, 15) is 19.8 Å². The zero-order chi connectivity index (χ0) is 30.3. The number of amides is 1. The zero-order valence-corrected chi connectivity index (χ0v) is 24.8. The highest BCUT2D eigenvalue weighted by atomic mass is 32.2. The van der Waals surface area contributed by atoms with Crippen LogP contribution in [0.5, 0.6) is 0 Å². The van der Waals surface area contributed by atoms with Crippen molar-refractivity contribution in [2.24, 2.45) is 5.92 Å².